The smallest absolute Gasteiger partial charge is 0.216 e. The molecular weight excluding hydrogens is 843 g/mol. The Kier molecular flexibility index (Phi) is 12.7. The summed E-state index contributed by atoms with van der Waals surface area (Å²) in [4.78, 5) is 14.3. The summed E-state index contributed by atoms with van der Waals surface area (Å²) in [6.07, 6.45) is 6.14. The van der Waals surface area contributed by atoms with Crippen molar-refractivity contribution < 1.29 is 24.5 Å². The molecule has 0 saturated heterocycles. The van der Waals surface area contributed by atoms with Crippen molar-refractivity contribution in [1.82, 2.24) is 15.0 Å². The molecule has 0 bridgehead atoms. The Morgan fingerprint density at radius 2 is 1.45 bits per heavy atom. The maximum atomic E-state index is 6.40. The van der Waals surface area contributed by atoms with Crippen molar-refractivity contribution in [2.24, 2.45) is 11.8 Å². The van der Waals surface area contributed by atoms with Crippen molar-refractivity contribution >= 4 is 35.3 Å². The van der Waals surface area contributed by atoms with E-state index in [2.05, 4.69) is 151 Å². The Bertz CT molecular complexity index is 2320. The van der Waals surface area contributed by atoms with Crippen LogP contribution in [0.15, 0.2) is 95.7 Å². The molecule has 0 fully saturated rings. The van der Waals surface area contributed by atoms with Gasteiger partial charge in [-0.1, -0.05) is 99.7 Å². The summed E-state index contributed by atoms with van der Waals surface area (Å²) in [5.41, 5.74) is 13.8. The summed E-state index contributed by atoms with van der Waals surface area (Å²) < 4.78 is 6.40. The number of benzene rings is 3. The van der Waals surface area contributed by atoms with Crippen LogP contribution in [0.4, 0.5) is 0 Å². The first-order valence-corrected chi connectivity index (χ1v) is 22.0. The van der Waals surface area contributed by atoms with Crippen molar-refractivity contribution in [3.63, 3.8) is 0 Å². The van der Waals surface area contributed by atoms with Gasteiger partial charge < -0.3 is 14.4 Å². The molecule has 6 heteroatoms. The predicted octanol–water partition coefficient (Wildman–Crippen LogP) is 11.9. The topological polar surface area (TPSA) is 51.8 Å². The number of pyridine rings is 3. The molecule has 4 aromatic heterocycles. The number of hydrogen-bond acceptors (Lipinski definition) is 4. The molecule has 53 heavy (non-hydrogen) atoms. The Morgan fingerprint density at radius 3 is 2.11 bits per heavy atom. The van der Waals surface area contributed by atoms with Gasteiger partial charge in [0, 0.05) is 43.4 Å². The fourth-order valence-corrected chi connectivity index (χ4v) is 8.75. The van der Waals surface area contributed by atoms with Crippen LogP contribution in [0.3, 0.4) is 0 Å². The summed E-state index contributed by atoms with van der Waals surface area (Å²) in [5.74, 6) is 1.26. The molecule has 0 saturated carbocycles. The first-order chi connectivity index (χ1) is 24.8. The summed E-state index contributed by atoms with van der Waals surface area (Å²) in [6.45, 7) is 22.6. The SMILES string of the molecule is CC(C)Cc1cc(-c2[c-]cccc2)ncc1[Si](C)(C)C.Cc1cccc(C)c1-c1cc(C)c2c(n1)oc1c(-c3cc(CC(C)C)ccn3)[c-]ccc12.[Ir]. The van der Waals surface area contributed by atoms with Crippen LogP contribution in [0, 0.1) is 44.7 Å². The number of nitrogens with zero attached hydrogens (tertiary/aromatic N) is 3. The minimum atomic E-state index is -1.34. The van der Waals surface area contributed by atoms with Gasteiger partial charge >= 0.3 is 0 Å². The van der Waals surface area contributed by atoms with Gasteiger partial charge in [-0.3, -0.25) is 0 Å². The molecule has 0 aliphatic rings. The van der Waals surface area contributed by atoms with Gasteiger partial charge in [0.05, 0.1) is 19.4 Å². The number of fused-ring (bicyclic) bond motifs is 3. The second kappa shape index (κ2) is 16.8. The Labute approximate surface area is 330 Å². The third-order valence-corrected chi connectivity index (χ3v) is 11.5. The summed E-state index contributed by atoms with van der Waals surface area (Å²) in [6, 6.07) is 33.8. The minimum absolute atomic E-state index is 0. The summed E-state index contributed by atoms with van der Waals surface area (Å²) in [5, 5.41) is 3.61. The van der Waals surface area contributed by atoms with E-state index >= 15 is 0 Å². The average molecular weight is 894 g/mol. The van der Waals surface area contributed by atoms with Crippen LogP contribution in [0.25, 0.3) is 55.8 Å². The quantitative estimate of drug-likeness (QED) is 0.113. The van der Waals surface area contributed by atoms with Crippen molar-refractivity contribution in [1.29, 1.82) is 0 Å². The molecule has 0 aliphatic heterocycles. The maximum Gasteiger partial charge on any atom is 0.216 e. The molecule has 7 rings (SSSR count). The molecule has 275 valence electrons. The third-order valence-electron chi connectivity index (χ3n) is 9.47. The van der Waals surface area contributed by atoms with E-state index in [1.165, 1.54) is 33.0 Å². The fraction of sp³-hybridized carbons (Fsp3) is 0.298. The molecule has 1 radical (unpaired) electrons. The van der Waals surface area contributed by atoms with Gasteiger partial charge in [0.1, 0.15) is 0 Å². The second-order valence-electron chi connectivity index (χ2n) is 16.0. The van der Waals surface area contributed by atoms with Crippen LogP contribution >= 0.6 is 0 Å². The standard InChI is InChI=1S/C29H27N2O.C18H24NSi.Ir/c1-17(2)14-21-12-13-30-24(16-21)22-10-7-11-23-27-20(5)15-25(31-29(27)32-28(22)23)26-18(3)8-6-9-19(26)4;1-14(2)11-16-12-17(15-9-7-6-8-10-15)19-13-18(16)20(3,4)5;/h6-9,11-13,15-17H,14H2,1-5H3;6-9,12-14H,11H2,1-5H3;/q2*-1;. The first kappa shape index (κ1) is 40.0. The van der Waals surface area contributed by atoms with Crippen LogP contribution in [-0.4, -0.2) is 23.0 Å². The Hall–Kier alpha value is -4.22. The molecular formula is C47H51IrN3OSi-2. The molecule has 4 nitrogen and oxygen atoms in total. The van der Waals surface area contributed by atoms with Gasteiger partial charge in [0.15, 0.2) is 0 Å². The van der Waals surface area contributed by atoms with Crippen LogP contribution in [-0.2, 0) is 32.9 Å². The van der Waals surface area contributed by atoms with Crippen LogP contribution in [0.1, 0.15) is 55.5 Å². The largest absolute Gasteiger partial charge is 0.486 e. The number of aryl methyl sites for hydroxylation is 3. The van der Waals surface area contributed by atoms with E-state index in [1.807, 2.05) is 30.5 Å². The number of rotatable bonds is 8. The normalized spacial score (nSPS) is 11.5. The molecule has 0 amide bonds. The van der Waals surface area contributed by atoms with Gasteiger partial charge in [-0.05, 0) is 90.8 Å². The third kappa shape index (κ3) is 9.12. The zero-order valence-corrected chi connectivity index (χ0v) is 36.2. The van der Waals surface area contributed by atoms with Gasteiger partial charge in [-0.25, -0.2) is 4.98 Å². The van der Waals surface area contributed by atoms with Gasteiger partial charge in [0.2, 0.25) is 5.71 Å². The van der Waals surface area contributed by atoms with Crippen LogP contribution in [0.5, 0.6) is 0 Å². The van der Waals surface area contributed by atoms with E-state index in [1.54, 1.807) is 0 Å². The van der Waals surface area contributed by atoms with Gasteiger partial charge in [-0.2, -0.15) is 0 Å². The molecule has 0 atom stereocenters. The fourth-order valence-electron chi connectivity index (χ4n) is 7.16. The van der Waals surface area contributed by atoms with Gasteiger partial charge in [-0.15, -0.1) is 54.1 Å². The van der Waals surface area contributed by atoms with Gasteiger partial charge in [0.25, 0.3) is 0 Å². The average Bonchev–Trinajstić information content (AvgIpc) is 3.47. The predicted molar refractivity (Wildman–Crippen MR) is 222 cm³/mol. The summed E-state index contributed by atoms with van der Waals surface area (Å²) >= 11 is 0. The molecule has 3 aromatic carbocycles. The van der Waals surface area contributed by atoms with E-state index in [9.17, 15) is 0 Å². The van der Waals surface area contributed by atoms with E-state index in [4.69, 9.17) is 9.40 Å². The van der Waals surface area contributed by atoms with Crippen molar-refractivity contribution in [2.75, 3.05) is 0 Å². The molecule has 0 unspecified atom stereocenters. The monoisotopic (exact) mass is 894 g/mol. The molecule has 4 heterocycles. The van der Waals surface area contributed by atoms with Crippen LogP contribution in [0.2, 0.25) is 19.6 Å². The van der Waals surface area contributed by atoms with Crippen molar-refractivity contribution in [3.05, 3.63) is 131 Å². The number of furan rings is 1. The Morgan fingerprint density at radius 1 is 0.717 bits per heavy atom. The van der Waals surface area contributed by atoms with E-state index < -0.39 is 8.07 Å². The van der Waals surface area contributed by atoms with Crippen molar-refractivity contribution in [3.8, 4) is 33.8 Å². The zero-order chi connectivity index (χ0) is 37.2. The zero-order valence-electron chi connectivity index (χ0n) is 32.8. The minimum Gasteiger partial charge on any atom is -0.486 e. The maximum absolute atomic E-state index is 6.40. The Balaban J connectivity index is 0.000000223. The van der Waals surface area contributed by atoms with Crippen LogP contribution < -0.4 is 5.19 Å². The molecule has 7 aromatic rings. The molecule has 0 spiro atoms. The molecule has 0 aliphatic carbocycles. The van der Waals surface area contributed by atoms with E-state index in [-0.39, 0.29) is 20.1 Å². The second-order valence-corrected chi connectivity index (χ2v) is 21.0. The van der Waals surface area contributed by atoms with E-state index in [0.29, 0.717) is 17.5 Å². The van der Waals surface area contributed by atoms with E-state index in [0.717, 1.165) is 63.0 Å². The number of hydrogen-bond donors (Lipinski definition) is 0. The summed E-state index contributed by atoms with van der Waals surface area (Å²) in [7, 11) is -1.34. The number of aromatic nitrogens is 3. The first-order valence-electron chi connectivity index (χ1n) is 18.5. The molecule has 0 N–H and O–H groups in total. The van der Waals surface area contributed by atoms with Crippen molar-refractivity contribution in [2.45, 2.75) is 80.9 Å².